The van der Waals surface area contributed by atoms with E-state index in [0.717, 1.165) is 67.3 Å². The molecule has 368 valence electrons. The lowest BCUT2D eigenvalue weighted by Crippen LogP contribution is -2.26. The van der Waals surface area contributed by atoms with E-state index in [4.69, 9.17) is 9.40 Å². The highest BCUT2D eigenvalue weighted by Crippen LogP contribution is 2.68. The van der Waals surface area contributed by atoms with Crippen molar-refractivity contribution in [3.63, 3.8) is 0 Å². The van der Waals surface area contributed by atoms with Crippen LogP contribution in [0.2, 0.25) is 0 Å². The monoisotopic (exact) mass is 981 g/mol. The maximum absolute atomic E-state index is 7.48. The normalized spacial score (nSPS) is 13.4. The maximum atomic E-state index is 7.48. The van der Waals surface area contributed by atoms with Crippen LogP contribution >= 0.6 is 0 Å². The topological polar surface area (TPSA) is 32.5 Å². The van der Waals surface area contributed by atoms with Crippen molar-refractivity contribution < 1.29 is 4.42 Å². The van der Waals surface area contributed by atoms with E-state index in [1.807, 2.05) is 6.20 Å². The second-order valence-electron chi connectivity index (χ2n) is 23.3. The summed E-state index contributed by atoms with van der Waals surface area (Å²) in [7, 11) is 0. The van der Waals surface area contributed by atoms with E-state index >= 15 is 0 Å². The first-order valence-electron chi connectivity index (χ1n) is 26.8. The van der Waals surface area contributed by atoms with Gasteiger partial charge in [0.25, 0.3) is 0 Å². The van der Waals surface area contributed by atoms with Crippen LogP contribution in [0.4, 0.5) is 34.3 Å². The minimum atomic E-state index is -0.737. The van der Waals surface area contributed by atoms with E-state index in [1.54, 1.807) is 0 Å². The minimum Gasteiger partial charge on any atom is -0.455 e. The summed E-state index contributed by atoms with van der Waals surface area (Å²) >= 11 is 0. The van der Waals surface area contributed by atoms with Gasteiger partial charge in [0, 0.05) is 39.9 Å². The van der Waals surface area contributed by atoms with Crippen molar-refractivity contribution in [2.24, 2.45) is 0 Å². The predicted octanol–water partition coefficient (Wildman–Crippen LogP) is 19.8. The minimum absolute atomic E-state index is 0.00388. The maximum Gasteiger partial charge on any atom is 0.145 e. The molecule has 2 aromatic heterocycles. The Morgan fingerprint density at radius 2 is 0.947 bits per heavy atom. The highest BCUT2D eigenvalue weighted by Gasteiger charge is 2.54. The van der Waals surface area contributed by atoms with E-state index in [9.17, 15) is 0 Å². The average Bonchev–Trinajstić information content (AvgIpc) is 4.09. The Morgan fingerprint density at radius 1 is 0.421 bits per heavy atom. The number of aromatic nitrogens is 1. The van der Waals surface area contributed by atoms with Crippen molar-refractivity contribution in [2.45, 2.75) is 71.6 Å². The van der Waals surface area contributed by atoms with E-state index in [0.29, 0.717) is 0 Å². The molecule has 14 rings (SSSR count). The second kappa shape index (κ2) is 16.6. The first-order chi connectivity index (χ1) is 36.8. The molecule has 0 aliphatic heterocycles. The molecule has 12 aromatic rings. The number of hydrogen-bond donors (Lipinski definition) is 0. The molecule has 0 saturated heterocycles. The predicted molar refractivity (Wildman–Crippen MR) is 319 cm³/mol. The van der Waals surface area contributed by atoms with Crippen molar-refractivity contribution in [2.75, 3.05) is 9.80 Å². The summed E-state index contributed by atoms with van der Waals surface area (Å²) in [6.45, 7) is 17.9. The zero-order chi connectivity index (χ0) is 51.8. The summed E-state index contributed by atoms with van der Waals surface area (Å²) in [5, 5.41) is 6.96. The fourth-order valence-electron chi connectivity index (χ4n) is 12.8. The summed E-state index contributed by atoms with van der Waals surface area (Å²) in [6.07, 6.45) is 1.97. The zero-order valence-electron chi connectivity index (χ0n) is 44.5. The second-order valence-corrected chi connectivity index (χ2v) is 23.3. The SMILES string of the molecule is Cc1ccc(N(c2ccc(C(C)(C)C)cc2)c2cc3c(c4oc5ccccc5c24)-c2c(c4ccc(N(c5ccc(C(C)(C)C)cc5)c5ccc(C)cn5)cc4c4ccccc24)C32c3ccccc3-c3ccccc32)cc1. The van der Waals surface area contributed by atoms with Crippen LogP contribution in [0.15, 0.2) is 217 Å². The number of rotatable bonds is 6. The summed E-state index contributed by atoms with van der Waals surface area (Å²) < 4.78 is 7.48. The molecule has 0 radical (unpaired) electrons. The molecule has 10 aromatic carbocycles. The van der Waals surface area contributed by atoms with Gasteiger partial charge in [0.1, 0.15) is 17.0 Å². The van der Waals surface area contributed by atoms with E-state index in [2.05, 4.69) is 271 Å². The Morgan fingerprint density at radius 3 is 1.55 bits per heavy atom. The fourth-order valence-corrected chi connectivity index (χ4v) is 12.8. The van der Waals surface area contributed by atoms with Gasteiger partial charge in [-0.05, 0) is 169 Å². The van der Waals surface area contributed by atoms with Crippen molar-refractivity contribution >= 4 is 77.7 Å². The number of para-hydroxylation sites is 1. The van der Waals surface area contributed by atoms with Gasteiger partial charge in [-0.1, -0.05) is 187 Å². The Hall–Kier alpha value is -8.73. The van der Waals surface area contributed by atoms with Gasteiger partial charge in [-0.25, -0.2) is 4.98 Å². The van der Waals surface area contributed by atoms with Crippen LogP contribution < -0.4 is 9.80 Å². The highest BCUT2D eigenvalue weighted by atomic mass is 16.3. The van der Waals surface area contributed by atoms with Crippen LogP contribution in [-0.2, 0) is 16.2 Å². The van der Waals surface area contributed by atoms with Gasteiger partial charge in [0.15, 0.2) is 0 Å². The van der Waals surface area contributed by atoms with Gasteiger partial charge in [-0.2, -0.15) is 0 Å². The van der Waals surface area contributed by atoms with Crippen LogP contribution in [0.1, 0.15) is 86.1 Å². The Bertz CT molecular complexity index is 4260. The first kappa shape index (κ1) is 45.9. The molecule has 2 aliphatic rings. The molecule has 0 atom stereocenters. The van der Waals surface area contributed by atoms with E-state index in [1.165, 1.54) is 77.2 Å². The average molecular weight is 982 g/mol. The summed E-state index contributed by atoms with van der Waals surface area (Å²) in [6, 6.07) is 77.3. The number of anilines is 6. The van der Waals surface area contributed by atoms with Crippen LogP contribution in [0.25, 0.3) is 65.7 Å². The number of hydrogen-bond acceptors (Lipinski definition) is 4. The molecule has 76 heavy (non-hydrogen) atoms. The summed E-state index contributed by atoms with van der Waals surface area (Å²) in [5.41, 5.74) is 21.2. The van der Waals surface area contributed by atoms with Crippen molar-refractivity contribution in [3.8, 4) is 22.3 Å². The lowest BCUT2D eigenvalue weighted by molar-refractivity contribution is 0.590. The van der Waals surface area contributed by atoms with E-state index in [-0.39, 0.29) is 10.8 Å². The van der Waals surface area contributed by atoms with Crippen LogP contribution in [0.3, 0.4) is 0 Å². The Labute approximate surface area is 445 Å². The largest absolute Gasteiger partial charge is 0.455 e. The van der Waals surface area contributed by atoms with Gasteiger partial charge in [0.05, 0.1) is 16.5 Å². The Balaban J connectivity index is 1.13. The van der Waals surface area contributed by atoms with Gasteiger partial charge in [-0.15, -0.1) is 0 Å². The van der Waals surface area contributed by atoms with Crippen molar-refractivity contribution in [1.82, 2.24) is 4.98 Å². The third-order valence-electron chi connectivity index (χ3n) is 16.5. The summed E-state index contributed by atoms with van der Waals surface area (Å²) in [4.78, 5) is 9.87. The van der Waals surface area contributed by atoms with Crippen LogP contribution in [-0.4, -0.2) is 4.98 Å². The number of pyridine rings is 1. The molecule has 0 amide bonds. The third kappa shape index (κ3) is 6.72. The number of aryl methyl sites for hydroxylation is 2. The third-order valence-corrected chi connectivity index (χ3v) is 16.5. The van der Waals surface area contributed by atoms with Crippen LogP contribution in [0, 0.1) is 13.8 Å². The quantitative estimate of drug-likeness (QED) is 0.155. The highest BCUT2D eigenvalue weighted by molar-refractivity contribution is 6.26. The lowest BCUT2D eigenvalue weighted by Gasteiger charge is -2.33. The molecular formula is C72H59N3O. The molecule has 0 saturated carbocycles. The van der Waals surface area contributed by atoms with Gasteiger partial charge in [-0.3, -0.25) is 4.90 Å². The van der Waals surface area contributed by atoms with Gasteiger partial charge >= 0.3 is 0 Å². The number of fused-ring (bicyclic) bond motifs is 19. The molecule has 4 nitrogen and oxygen atoms in total. The molecule has 0 unspecified atom stereocenters. The molecule has 0 N–H and O–H groups in total. The molecule has 2 heterocycles. The first-order valence-corrected chi connectivity index (χ1v) is 26.8. The lowest BCUT2D eigenvalue weighted by atomic mass is 9.69. The van der Waals surface area contributed by atoms with Gasteiger partial charge in [0.2, 0.25) is 0 Å². The number of nitrogens with zero attached hydrogens (tertiary/aromatic N) is 3. The Kier molecular flexibility index (Phi) is 10.0. The molecule has 0 fully saturated rings. The van der Waals surface area contributed by atoms with Crippen molar-refractivity contribution in [1.29, 1.82) is 0 Å². The molecule has 4 heteroatoms. The fraction of sp³-hybridized carbons (Fsp3) is 0.153. The summed E-state index contributed by atoms with van der Waals surface area (Å²) in [5.74, 6) is 0.868. The number of benzene rings is 10. The molecule has 2 aliphatic carbocycles. The molecular weight excluding hydrogens is 923 g/mol. The van der Waals surface area contributed by atoms with Gasteiger partial charge < -0.3 is 9.32 Å². The smallest absolute Gasteiger partial charge is 0.145 e. The van der Waals surface area contributed by atoms with E-state index < -0.39 is 5.41 Å². The molecule has 1 spiro atoms. The van der Waals surface area contributed by atoms with Crippen LogP contribution in [0.5, 0.6) is 0 Å². The zero-order valence-corrected chi connectivity index (χ0v) is 44.5. The van der Waals surface area contributed by atoms with Crippen molar-refractivity contribution in [3.05, 3.63) is 257 Å². The number of furan rings is 1. The molecule has 0 bridgehead atoms. The standard InChI is InChI=1S/C72H59N3O/c1-44-25-32-48(33-26-44)74(49-34-28-46(29-35-49)70(3,4)5)62-42-61-67(69-65(62)57-21-13-16-24-63(57)76-69)66-55-20-10-9-17-52(55)58-41-51(75(64-40-27-45(2)43-73-64)50-36-30-47(31-37-50)71(6,7)8)38-39-56(58)68(66)72(61)59-22-14-11-18-53(59)54-19-12-15-23-60(54)72/h9-43H,1-8H3.